The summed E-state index contributed by atoms with van der Waals surface area (Å²) in [5.74, 6) is 0. The summed E-state index contributed by atoms with van der Waals surface area (Å²) in [6.45, 7) is 0. The molecule has 170 valence electrons. The second-order valence-corrected chi connectivity index (χ2v) is 11.2. The Morgan fingerprint density at radius 1 is 0.438 bits per heavy atom. The van der Waals surface area contributed by atoms with Crippen LogP contribution in [0.5, 0.6) is 0 Å². The van der Waals surface area contributed by atoms with Gasteiger partial charge >= 0.3 is 0 Å². The largest absolute Gasteiger partial charge is 0.325 e. The molecular formula is C18H6Cl10N2S2. The Bertz CT molecular complexity index is 1060. The van der Waals surface area contributed by atoms with Gasteiger partial charge in [0.1, 0.15) is 0 Å². The first-order chi connectivity index (χ1) is 15.0. The van der Waals surface area contributed by atoms with E-state index in [0.29, 0.717) is 9.79 Å². The smallest absolute Gasteiger partial charge is 0.0809 e. The highest BCUT2D eigenvalue weighted by Gasteiger charge is 2.21. The Hall–Kier alpha value is 0.860. The molecule has 0 radical (unpaired) electrons. The van der Waals surface area contributed by atoms with Crippen LogP contribution in [0.15, 0.2) is 34.1 Å². The quantitative estimate of drug-likeness (QED) is 0.155. The molecule has 3 aromatic rings. The monoisotopic (exact) mass is 664 g/mol. The molecule has 0 aromatic heterocycles. The normalized spacial score (nSPS) is 11.1. The maximum absolute atomic E-state index is 6.27. The van der Waals surface area contributed by atoms with Gasteiger partial charge in [-0.1, -0.05) is 122 Å². The molecule has 0 spiro atoms. The van der Waals surface area contributed by atoms with Crippen molar-refractivity contribution in [3.05, 3.63) is 74.5 Å². The van der Waals surface area contributed by atoms with Crippen molar-refractivity contribution in [2.75, 3.05) is 9.44 Å². The molecule has 0 amide bonds. The van der Waals surface area contributed by atoms with Gasteiger partial charge in [0.2, 0.25) is 0 Å². The Morgan fingerprint density at radius 3 is 1.03 bits per heavy atom. The van der Waals surface area contributed by atoms with Gasteiger partial charge in [-0.15, -0.1) is 0 Å². The molecule has 2 nitrogen and oxygen atoms in total. The van der Waals surface area contributed by atoms with E-state index in [1.807, 2.05) is 24.3 Å². The fraction of sp³-hybridized carbons (Fsp3) is 0. The maximum Gasteiger partial charge on any atom is 0.0809 e. The first-order valence-corrected chi connectivity index (χ1v) is 13.4. The van der Waals surface area contributed by atoms with Crippen LogP contribution in [0.25, 0.3) is 0 Å². The minimum Gasteiger partial charge on any atom is -0.325 e. The van der Waals surface area contributed by atoms with E-state index >= 15 is 0 Å². The second kappa shape index (κ2) is 11.7. The average molecular weight is 669 g/mol. The number of hydrogen-bond acceptors (Lipinski definition) is 4. The van der Waals surface area contributed by atoms with E-state index in [1.165, 1.54) is 0 Å². The van der Waals surface area contributed by atoms with E-state index in [9.17, 15) is 0 Å². The predicted molar refractivity (Wildman–Crippen MR) is 148 cm³/mol. The molecule has 0 aliphatic carbocycles. The van der Waals surface area contributed by atoms with Gasteiger partial charge in [0.05, 0.1) is 60.0 Å². The van der Waals surface area contributed by atoms with E-state index in [2.05, 4.69) is 9.44 Å². The Balaban J connectivity index is 1.77. The van der Waals surface area contributed by atoms with Crippen molar-refractivity contribution in [1.82, 2.24) is 0 Å². The van der Waals surface area contributed by atoms with Crippen LogP contribution in [0.1, 0.15) is 0 Å². The summed E-state index contributed by atoms with van der Waals surface area (Å²) in [7, 11) is 0. The van der Waals surface area contributed by atoms with E-state index in [1.54, 1.807) is 0 Å². The summed E-state index contributed by atoms with van der Waals surface area (Å²) in [4.78, 5) is 0.869. The van der Waals surface area contributed by atoms with Gasteiger partial charge in [-0.2, -0.15) is 0 Å². The van der Waals surface area contributed by atoms with Crippen molar-refractivity contribution in [3.63, 3.8) is 0 Å². The minimum atomic E-state index is 0.0932. The van der Waals surface area contributed by atoms with Crippen molar-refractivity contribution in [2.24, 2.45) is 0 Å². The van der Waals surface area contributed by atoms with Crippen LogP contribution in [0, 0.1) is 0 Å². The van der Waals surface area contributed by atoms with Crippen LogP contribution in [0.4, 0.5) is 11.4 Å². The van der Waals surface area contributed by atoms with Crippen molar-refractivity contribution in [1.29, 1.82) is 0 Å². The van der Waals surface area contributed by atoms with Crippen LogP contribution in [-0.2, 0) is 0 Å². The highest BCUT2D eigenvalue weighted by atomic mass is 35.5. The molecule has 0 aliphatic heterocycles. The van der Waals surface area contributed by atoms with Crippen molar-refractivity contribution in [3.8, 4) is 0 Å². The molecule has 0 atom stereocenters. The van der Waals surface area contributed by atoms with Crippen LogP contribution in [0.2, 0.25) is 50.2 Å². The van der Waals surface area contributed by atoms with E-state index in [4.69, 9.17) is 116 Å². The standard InChI is InChI=1S/C18H6Cl10N2S2/c19-7-9(21)13(25)17(14(26)10(7)22)31-29-5-2-1-3-6(4-5)30-32-18-15(27)11(23)8(20)12(24)16(18)28/h1-4,29-30H. The topological polar surface area (TPSA) is 24.1 Å². The summed E-state index contributed by atoms with van der Waals surface area (Å²) in [5, 5.41) is 1.42. The third-order valence-electron chi connectivity index (χ3n) is 3.74. The van der Waals surface area contributed by atoms with Gasteiger partial charge in [0, 0.05) is 11.4 Å². The number of benzene rings is 3. The van der Waals surface area contributed by atoms with Crippen LogP contribution >= 0.6 is 140 Å². The number of hydrogen-bond donors (Lipinski definition) is 2. The molecule has 0 bridgehead atoms. The second-order valence-electron chi connectivity index (χ2n) is 5.79. The van der Waals surface area contributed by atoms with Crippen molar-refractivity contribution in [2.45, 2.75) is 9.79 Å². The van der Waals surface area contributed by atoms with Crippen molar-refractivity contribution >= 4 is 151 Å². The van der Waals surface area contributed by atoms with E-state index in [-0.39, 0.29) is 50.2 Å². The zero-order valence-corrected chi connectivity index (χ0v) is 24.1. The molecule has 0 heterocycles. The fourth-order valence-corrected chi connectivity index (χ4v) is 6.64. The third-order valence-corrected chi connectivity index (χ3v) is 10.6. The first-order valence-electron chi connectivity index (χ1n) is 8.03. The molecule has 3 aromatic carbocycles. The van der Waals surface area contributed by atoms with Gasteiger partial charge in [0.25, 0.3) is 0 Å². The van der Waals surface area contributed by atoms with Gasteiger partial charge < -0.3 is 9.44 Å². The summed E-state index contributed by atoms with van der Waals surface area (Å²) in [6.07, 6.45) is 0. The molecule has 0 unspecified atom stereocenters. The molecule has 0 saturated carbocycles. The lowest BCUT2D eigenvalue weighted by Crippen LogP contribution is -1.93. The van der Waals surface area contributed by atoms with Gasteiger partial charge in [0.15, 0.2) is 0 Å². The number of halogens is 10. The Kier molecular flexibility index (Phi) is 10.1. The highest BCUT2D eigenvalue weighted by Crippen LogP contribution is 2.49. The lowest BCUT2D eigenvalue weighted by atomic mass is 10.3. The minimum absolute atomic E-state index is 0.0932. The highest BCUT2D eigenvalue weighted by molar-refractivity contribution is 8.01. The van der Waals surface area contributed by atoms with Crippen molar-refractivity contribution < 1.29 is 0 Å². The molecule has 3 rings (SSSR count). The SMILES string of the molecule is Clc1c(Cl)c(Cl)c(SNc2cccc(NSc3c(Cl)c(Cl)c(Cl)c(Cl)c3Cl)c2)c(Cl)c1Cl. The Morgan fingerprint density at radius 2 is 0.719 bits per heavy atom. The van der Waals surface area contributed by atoms with E-state index in [0.717, 1.165) is 35.3 Å². The molecule has 32 heavy (non-hydrogen) atoms. The van der Waals surface area contributed by atoms with Crippen LogP contribution in [-0.4, -0.2) is 0 Å². The molecule has 0 fully saturated rings. The zero-order chi connectivity index (χ0) is 23.7. The molecule has 0 aliphatic rings. The van der Waals surface area contributed by atoms with Gasteiger partial charge in [-0.25, -0.2) is 0 Å². The predicted octanol–water partition coefficient (Wildman–Crippen LogP) is 12.5. The number of nitrogens with one attached hydrogen (secondary N) is 2. The summed E-state index contributed by atoms with van der Waals surface area (Å²) in [6, 6.07) is 7.31. The molecule has 14 heteroatoms. The van der Waals surface area contributed by atoms with Gasteiger partial charge in [-0.3, -0.25) is 0 Å². The fourth-order valence-electron chi connectivity index (χ4n) is 2.21. The van der Waals surface area contributed by atoms with Crippen LogP contribution < -0.4 is 9.44 Å². The van der Waals surface area contributed by atoms with Crippen LogP contribution in [0.3, 0.4) is 0 Å². The average Bonchev–Trinajstić information content (AvgIpc) is 2.79. The molecule has 0 saturated heterocycles. The lowest BCUT2D eigenvalue weighted by Gasteiger charge is -2.14. The zero-order valence-electron chi connectivity index (χ0n) is 14.9. The summed E-state index contributed by atoms with van der Waals surface area (Å²) in [5.41, 5.74) is 1.44. The summed E-state index contributed by atoms with van der Waals surface area (Å²) < 4.78 is 6.26. The Labute approximate surface area is 242 Å². The van der Waals surface area contributed by atoms with E-state index < -0.39 is 0 Å². The summed E-state index contributed by atoms with van der Waals surface area (Å²) >= 11 is 63.8. The molecular weight excluding hydrogens is 663 g/mol. The molecule has 2 N–H and O–H groups in total. The lowest BCUT2D eigenvalue weighted by molar-refractivity contribution is 1.46. The maximum atomic E-state index is 6.27. The number of rotatable bonds is 6. The first kappa shape index (κ1) is 27.4. The number of anilines is 2. The van der Waals surface area contributed by atoms with Gasteiger partial charge in [-0.05, 0) is 42.1 Å². The third kappa shape index (κ3) is 5.80.